The molecule has 2 amide bonds. The van der Waals surface area contributed by atoms with Gasteiger partial charge in [-0.2, -0.15) is 0 Å². The van der Waals surface area contributed by atoms with Crippen LogP contribution in [0.5, 0.6) is 0 Å². The van der Waals surface area contributed by atoms with E-state index < -0.39 is 28.5 Å². The van der Waals surface area contributed by atoms with Crippen LogP contribution in [0.15, 0.2) is 53.4 Å². The van der Waals surface area contributed by atoms with Gasteiger partial charge in [0.15, 0.2) is 0 Å². The summed E-state index contributed by atoms with van der Waals surface area (Å²) >= 11 is 5.93. The Morgan fingerprint density at radius 3 is 2.10 bits per heavy atom. The van der Waals surface area contributed by atoms with E-state index in [4.69, 9.17) is 11.6 Å². The lowest BCUT2D eigenvalue weighted by molar-refractivity contribution is -0.129. The number of benzene rings is 2. The van der Waals surface area contributed by atoms with E-state index >= 15 is 0 Å². The number of hydrogen-bond donors (Lipinski definition) is 2. The molecule has 2 N–H and O–H groups in total. The number of sulfonamides is 1. The summed E-state index contributed by atoms with van der Waals surface area (Å²) in [7, 11) is -4.22. The Bertz CT molecular complexity index is 989. The summed E-state index contributed by atoms with van der Waals surface area (Å²) < 4.78 is 27.1. The molecule has 0 radical (unpaired) electrons. The van der Waals surface area contributed by atoms with E-state index in [1.807, 2.05) is 13.8 Å². The standard InChI is InChI=1S/C21H25ClN2O5S/c1-14(2)20(16-4-6-17(22)7-5-16)21(27)24(12-13-25)30(28,29)19-10-8-18(9-11-19)23-15(3)26/h4-11,14,20,25H,12-13H2,1-3H3,(H,23,26). The van der Waals surface area contributed by atoms with E-state index in [0.717, 1.165) is 0 Å². The van der Waals surface area contributed by atoms with Gasteiger partial charge < -0.3 is 10.4 Å². The second-order valence-corrected chi connectivity index (χ2v) is 9.42. The van der Waals surface area contributed by atoms with Gasteiger partial charge >= 0.3 is 0 Å². The Morgan fingerprint density at radius 2 is 1.63 bits per heavy atom. The van der Waals surface area contributed by atoms with Crippen molar-refractivity contribution < 1.29 is 23.1 Å². The third kappa shape index (κ3) is 5.59. The van der Waals surface area contributed by atoms with Gasteiger partial charge in [0.1, 0.15) is 0 Å². The van der Waals surface area contributed by atoms with Crippen molar-refractivity contribution in [3.63, 3.8) is 0 Å². The number of nitrogens with zero attached hydrogens (tertiary/aromatic N) is 1. The molecule has 2 rings (SSSR count). The molecule has 0 spiro atoms. The third-order valence-corrected chi connectivity index (χ3v) is 6.54. The summed E-state index contributed by atoms with van der Waals surface area (Å²) in [4.78, 5) is 24.4. The Labute approximate surface area is 181 Å². The van der Waals surface area contributed by atoms with Crippen LogP contribution in [0.25, 0.3) is 0 Å². The lowest BCUT2D eigenvalue weighted by Crippen LogP contribution is -2.42. The van der Waals surface area contributed by atoms with Gasteiger partial charge in [0, 0.05) is 17.6 Å². The average molecular weight is 453 g/mol. The molecule has 0 aliphatic rings. The fraction of sp³-hybridized carbons (Fsp3) is 0.333. The predicted octanol–water partition coefficient (Wildman–Crippen LogP) is 3.25. The molecular formula is C21H25ClN2O5S. The maximum absolute atomic E-state index is 13.3. The molecule has 0 aliphatic heterocycles. The number of carbonyl (C=O) groups excluding carboxylic acids is 2. The van der Waals surface area contributed by atoms with Crippen LogP contribution in [0, 0.1) is 5.92 Å². The third-order valence-electron chi connectivity index (χ3n) is 4.47. The van der Waals surface area contributed by atoms with Crippen molar-refractivity contribution >= 4 is 39.1 Å². The molecule has 0 saturated carbocycles. The molecule has 0 heterocycles. The van der Waals surface area contributed by atoms with Gasteiger partial charge in [0.25, 0.3) is 10.0 Å². The Kier molecular flexibility index (Phi) is 8.00. The van der Waals surface area contributed by atoms with E-state index in [1.165, 1.54) is 31.2 Å². The summed E-state index contributed by atoms with van der Waals surface area (Å²) in [5.74, 6) is -1.85. The van der Waals surface area contributed by atoms with Crippen LogP contribution < -0.4 is 5.32 Å². The van der Waals surface area contributed by atoms with Crippen LogP contribution in [-0.2, 0) is 19.6 Å². The monoisotopic (exact) mass is 452 g/mol. The van der Waals surface area contributed by atoms with E-state index in [1.54, 1.807) is 24.3 Å². The normalized spacial score (nSPS) is 12.5. The molecule has 0 aliphatic carbocycles. The predicted molar refractivity (Wildman–Crippen MR) is 116 cm³/mol. The molecule has 0 saturated heterocycles. The first-order valence-corrected chi connectivity index (χ1v) is 11.2. The summed E-state index contributed by atoms with van der Waals surface area (Å²) in [6, 6.07) is 12.2. The maximum atomic E-state index is 13.3. The number of nitrogens with one attached hydrogen (secondary N) is 1. The fourth-order valence-corrected chi connectivity index (χ4v) is 4.65. The number of amides is 2. The second-order valence-electron chi connectivity index (χ2n) is 7.12. The number of carbonyl (C=O) groups is 2. The van der Waals surface area contributed by atoms with E-state index in [-0.39, 0.29) is 23.3 Å². The number of aliphatic hydroxyl groups excluding tert-OH is 1. The van der Waals surface area contributed by atoms with Gasteiger partial charge in [-0.1, -0.05) is 37.6 Å². The smallest absolute Gasteiger partial charge is 0.266 e. The SMILES string of the molecule is CC(=O)Nc1ccc(S(=O)(=O)N(CCO)C(=O)C(c2ccc(Cl)cc2)C(C)C)cc1. The van der Waals surface area contributed by atoms with Crippen LogP contribution in [-0.4, -0.2) is 42.8 Å². The molecule has 0 bridgehead atoms. The highest BCUT2D eigenvalue weighted by Crippen LogP contribution is 2.30. The fourth-order valence-electron chi connectivity index (χ4n) is 3.12. The van der Waals surface area contributed by atoms with Crippen molar-refractivity contribution in [3.8, 4) is 0 Å². The Hall–Kier alpha value is -2.42. The zero-order chi connectivity index (χ0) is 22.5. The quantitative estimate of drug-likeness (QED) is 0.639. The lowest BCUT2D eigenvalue weighted by Gasteiger charge is -2.29. The summed E-state index contributed by atoms with van der Waals surface area (Å²) in [6.07, 6.45) is 0. The molecule has 1 unspecified atom stereocenters. The molecule has 0 fully saturated rings. The minimum absolute atomic E-state index is 0.114. The number of halogens is 1. The van der Waals surface area contributed by atoms with Gasteiger partial charge in [-0.15, -0.1) is 0 Å². The van der Waals surface area contributed by atoms with E-state index in [9.17, 15) is 23.1 Å². The average Bonchev–Trinajstić information content (AvgIpc) is 2.67. The van der Waals surface area contributed by atoms with E-state index in [0.29, 0.717) is 20.6 Å². The zero-order valence-corrected chi connectivity index (χ0v) is 18.6. The van der Waals surface area contributed by atoms with Gasteiger partial charge in [-0.25, -0.2) is 12.7 Å². The lowest BCUT2D eigenvalue weighted by atomic mass is 9.87. The van der Waals surface area contributed by atoms with Crippen LogP contribution in [0.3, 0.4) is 0 Å². The van der Waals surface area contributed by atoms with Crippen molar-refractivity contribution in [3.05, 3.63) is 59.1 Å². The van der Waals surface area contributed by atoms with Gasteiger partial charge in [0.05, 0.1) is 24.0 Å². The maximum Gasteiger partial charge on any atom is 0.266 e. The zero-order valence-electron chi connectivity index (χ0n) is 17.0. The molecule has 30 heavy (non-hydrogen) atoms. The second kappa shape index (κ2) is 10.1. The molecule has 7 nitrogen and oxygen atoms in total. The molecule has 0 aromatic heterocycles. The van der Waals surface area contributed by atoms with Gasteiger partial charge in [-0.05, 0) is 47.9 Å². The summed E-state index contributed by atoms with van der Waals surface area (Å²) in [5.41, 5.74) is 1.07. The van der Waals surface area contributed by atoms with Crippen molar-refractivity contribution in [1.29, 1.82) is 0 Å². The van der Waals surface area contributed by atoms with Crippen molar-refractivity contribution in [2.24, 2.45) is 5.92 Å². The first-order chi connectivity index (χ1) is 14.1. The minimum Gasteiger partial charge on any atom is -0.394 e. The van der Waals surface area contributed by atoms with Crippen molar-refractivity contribution in [2.45, 2.75) is 31.6 Å². The first kappa shape index (κ1) is 23.9. The number of hydrogen-bond acceptors (Lipinski definition) is 5. The van der Waals surface area contributed by atoms with Crippen molar-refractivity contribution in [1.82, 2.24) is 4.31 Å². The topological polar surface area (TPSA) is 104 Å². The first-order valence-electron chi connectivity index (χ1n) is 9.38. The molecule has 2 aromatic carbocycles. The Morgan fingerprint density at radius 1 is 1.07 bits per heavy atom. The van der Waals surface area contributed by atoms with Gasteiger partial charge in [0.2, 0.25) is 11.8 Å². The van der Waals surface area contributed by atoms with Crippen LogP contribution in [0.2, 0.25) is 5.02 Å². The minimum atomic E-state index is -4.22. The summed E-state index contributed by atoms with van der Waals surface area (Å²) in [6.45, 7) is 4.10. The molecule has 9 heteroatoms. The molecule has 2 aromatic rings. The van der Waals surface area contributed by atoms with Crippen LogP contribution in [0.1, 0.15) is 32.3 Å². The van der Waals surface area contributed by atoms with Crippen molar-refractivity contribution in [2.75, 3.05) is 18.5 Å². The number of anilines is 1. The number of aliphatic hydroxyl groups is 1. The number of rotatable bonds is 8. The molecule has 162 valence electrons. The molecular weight excluding hydrogens is 428 g/mol. The van der Waals surface area contributed by atoms with E-state index in [2.05, 4.69) is 5.32 Å². The van der Waals surface area contributed by atoms with Crippen LogP contribution in [0.4, 0.5) is 5.69 Å². The summed E-state index contributed by atoms with van der Waals surface area (Å²) in [5, 5.41) is 12.5. The van der Waals surface area contributed by atoms with Crippen LogP contribution >= 0.6 is 11.6 Å². The highest BCUT2D eigenvalue weighted by Gasteiger charge is 2.36. The Balaban J connectivity index is 2.43. The highest BCUT2D eigenvalue weighted by molar-refractivity contribution is 7.89. The largest absolute Gasteiger partial charge is 0.394 e. The molecule has 1 atom stereocenters. The van der Waals surface area contributed by atoms with Gasteiger partial charge in [-0.3, -0.25) is 9.59 Å². The highest BCUT2D eigenvalue weighted by atomic mass is 35.5.